The van der Waals surface area contributed by atoms with Crippen LogP contribution in [0.15, 0.2) is 21.6 Å². The maximum Gasteiger partial charge on any atom is 0.352 e. The Morgan fingerprint density at radius 1 is 1.60 bits per heavy atom. The van der Waals surface area contributed by atoms with Crippen LogP contribution in [0.25, 0.3) is 6.08 Å². The molecule has 4 nitrogen and oxygen atoms in total. The molecular formula is C9H8BrNO3S. The zero-order valence-electron chi connectivity index (χ0n) is 7.78. The van der Waals surface area contributed by atoms with E-state index in [-0.39, 0.29) is 5.70 Å². The lowest BCUT2D eigenvalue weighted by molar-refractivity contribution is -0.134. The molecule has 1 amide bonds. The fraction of sp³-hybridized carbons (Fsp3) is 0.111. The Hall–Kier alpha value is -1.14. The summed E-state index contributed by atoms with van der Waals surface area (Å²) in [5.74, 6) is -1.57. The van der Waals surface area contributed by atoms with Gasteiger partial charge in [0.2, 0.25) is 5.91 Å². The lowest BCUT2D eigenvalue weighted by Gasteiger charge is -2.01. The third-order valence-electron chi connectivity index (χ3n) is 1.46. The molecule has 0 bridgehead atoms. The maximum absolute atomic E-state index is 10.8. The van der Waals surface area contributed by atoms with Crippen LogP contribution in [-0.4, -0.2) is 17.0 Å². The molecule has 1 aromatic rings. The summed E-state index contributed by atoms with van der Waals surface area (Å²) in [6.45, 7) is 1.26. The molecule has 0 aliphatic carbocycles. The lowest BCUT2D eigenvalue weighted by atomic mass is 10.3. The van der Waals surface area contributed by atoms with Crippen molar-refractivity contribution in [3.8, 4) is 0 Å². The summed E-state index contributed by atoms with van der Waals surface area (Å²) in [4.78, 5) is 22.3. The Balaban J connectivity index is 2.99. The largest absolute Gasteiger partial charge is 0.477 e. The van der Waals surface area contributed by atoms with E-state index in [9.17, 15) is 9.59 Å². The second-order valence-electron chi connectivity index (χ2n) is 2.68. The highest BCUT2D eigenvalue weighted by molar-refractivity contribution is 9.10. The summed E-state index contributed by atoms with van der Waals surface area (Å²) in [5, 5.41) is 12.9. The lowest BCUT2D eigenvalue weighted by Crippen LogP contribution is -2.24. The Morgan fingerprint density at radius 2 is 2.27 bits per heavy atom. The van der Waals surface area contributed by atoms with Crippen molar-refractivity contribution < 1.29 is 14.7 Å². The molecule has 0 saturated carbocycles. The SMILES string of the molecule is CC(=O)N/C(=C/c1sccc1Br)C(=O)O. The summed E-state index contributed by atoms with van der Waals surface area (Å²) in [6.07, 6.45) is 1.42. The Bertz CT molecular complexity index is 425. The van der Waals surface area contributed by atoms with Crippen LogP contribution in [0, 0.1) is 0 Å². The van der Waals surface area contributed by atoms with Crippen molar-refractivity contribution in [2.75, 3.05) is 0 Å². The van der Waals surface area contributed by atoms with Gasteiger partial charge in [-0.3, -0.25) is 4.79 Å². The molecule has 0 spiro atoms. The second-order valence-corrected chi connectivity index (χ2v) is 4.48. The number of amides is 1. The minimum atomic E-state index is -1.16. The van der Waals surface area contributed by atoms with Crippen molar-refractivity contribution in [1.82, 2.24) is 5.32 Å². The van der Waals surface area contributed by atoms with Gasteiger partial charge >= 0.3 is 5.97 Å². The van der Waals surface area contributed by atoms with Crippen LogP contribution < -0.4 is 5.32 Å². The van der Waals surface area contributed by atoms with E-state index in [2.05, 4.69) is 21.2 Å². The molecule has 0 aromatic carbocycles. The maximum atomic E-state index is 10.8. The normalized spacial score (nSPS) is 11.2. The molecule has 0 radical (unpaired) electrons. The third-order valence-corrected chi connectivity index (χ3v) is 3.28. The van der Waals surface area contributed by atoms with Crippen molar-refractivity contribution in [2.24, 2.45) is 0 Å². The van der Waals surface area contributed by atoms with E-state index >= 15 is 0 Å². The highest BCUT2D eigenvalue weighted by Crippen LogP contribution is 2.24. The molecule has 0 unspecified atom stereocenters. The number of carboxylic acid groups (broad SMARTS) is 1. The topological polar surface area (TPSA) is 66.4 Å². The highest BCUT2D eigenvalue weighted by Gasteiger charge is 2.10. The predicted molar refractivity (Wildman–Crippen MR) is 61.4 cm³/mol. The van der Waals surface area contributed by atoms with E-state index in [1.165, 1.54) is 24.3 Å². The molecule has 0 aliphatic rings. The predicted octanol–water partition coefficient (Wildman–Crippen LogP) is 2.07. The fourth-order valence-electron chi connectivity index (χ4n) is 0.880. The number of carbonyl (C=O) groups is 2. The van der Waals surface area contributed by atoms with Gasteiger partial charge in [0.1, 0.15) is 5.70 Å². The van der Waals surface area contributed by atoms with Gasteiger partial charge in [-0.1, -0.05) is 0 Å². The average molecular weight is 290 g/mol. The Morgan fingerprint density at radius 3 is 2.67 bits per heavy atom. The molecule has 80 valence electrons. The van der Waals surface area contributed by atoms with Crippen LogP contribution in [0.3, 0.4) is 0 Å². The number of rotatable bonds is 3. The molecule has 0 fully saturated rings. The molecule has 2 N–H and O–H groups in total. The van der Waals surface area contributed by atoms with E-state index in [1.807, 2.05) is 11.4 Å². The smallest absolute Gasteiger partial charge is 0.352 e. The minimum Gasteiger partial charge on any atom is -0.477 e. The molecule has 6 heteroatoms. The number of halogens is 1. The van der Waals surface area contributed by atoms with Gasteiger partial charge in [-0.15, -0.1) is 11.3 Å². The summed E-state index contributed by atoms with van der Waals surface area (Å²) in [5.41, 5.74) is -0.134. The third kappa shape index (κ3) is 3.49. The first-order chi connectivity index (χ1) is 7.00. The average Bonchev–Trinajstić information content (AvgIpc) is 2.50. The number of nitrogens with one attached hydrogen (secondary N) is 1. The number of aliphatic carboxylic acids is 1. The standard InChI is InChI=1S/C9H8BrNO3S/c1-5(12)11-7(9(13)14)4-8-6(10)2-3-15-8/h2-4H,1H3,(H,11,12)(H,13,14)/b7-4+. The van der Waals surface area contributed by atoms with E-state index in [0.717, 1.165) is 9.35 Å². The van der Waals surface area contributed by atoms with E-state index < -0.39 is 11.9 Å². The molecule has 15 heavy (non-hydrogen) atoms. The van der Waals surface area contributed by atoms with Crippen molar-refractivity contribution in [1.29, 1.82) is 0 Å². The summed E-state index contributed by atoms with van der Waals surface area (Å²) < 4.78 is 0.802. The van der Waals surface area contributed by atoms with Gasteiger partial charge in [-0.05, 0) is 33.5 Å². The zero-order valence-corrected chi connectivity index (χ0v) is 10.2. The Labute approximate surface area is 98.7 Å². The van der Waals surface area contributed by atoms with Gasteiger partial charge in [-0.2, -0.15) is 0 Å². The Kier molecular flexibility index (Phi) is 4.05. The van der Waals surface area contributed by atoms with Gasteiger partial charge in [0.15, 0.2) is 0 Å². The first kappa shape index (κ1) is 11.9. The van der Waals surface area contributed by atoms with Crippen LogP contribution >= 0.6 is 27.3 Å². The van der Waals surface area contributed by atoms with Gasteiger partial charge in [0.25, 0.3) is 0 Å². The van der Waals surface area contributed by atoms with Crippen molar-refractivity contribution in [2.45, 2.75) is 6.92 Å². The second kappa shape index (κ2) is 5.09. The van der Waals surface area contributed by atoms with Gasteiger partial charge in [-0.25, -0.2) is 4.79 Å². The van der Waals surface area contributed by atoms with Crippen molar-refractivity contribution >= 4 is 45.2 Å². The summed E-state index contributed by atoms with van der Waals surface area (Å²) in [7, 11) is 0. The summed E-state index contributed by atoms with van der Waals surface area (Å²) >= 11 is 4.65. The zero-order chi connectivity index (χ0) is 11.4. The van der Waals surface area contributed by atoms with Crippen LogP contribution in [0.2, 0.25) is 0 Å². The highest BCUT2D eigenvalue weighted by atomic mass is 79.9. The fourth-order valence-corrected chi connectivity index (χ4v) is 2.30. The number of hydrogen-bond acceptors (Lipinski definition) is 3. The van der Waals surface area contributed by atoms with E-state index in [1.54, 1.807) is 0 Å². The van der Waals surface area contributed by atoms with Gasteiger partial charge in [0.05, 0.1) is 0 Å². The monoisotopic (exact) mass is 289 g/mol. The molecule has 1 heterocycles. The first-order valence-corrected chi connectivity index (χ1v) is 5.63. The van der Waals surface area contributed by atoms with Gasteiger partial charge < -0.3 is 10.4 Å². The molecule has 1 aromatic heterocycles. The number of hydrogen-bond donors (Lipinski definition) is 2. The number of carboxylic acids is 1. The minimum absolute atomic E-state index is 0.134. The van der Waals surface area contributed by atoms with E-state index in [0.29, 0.717) is 0 Å². The molecule has 0 atom stereocenters. The van der Waals surface area contributed by atoms with Gasteiger partial charge in [0, 0.05) is 16.3 Å². The van der Waals surface area contributed by atoms with Crippen LogP contribution in [0.5, 0.6) is 0 Å². The van der Waals surface area contributed by atoms with E-state index in [4.69, 9.17) is 5.11 Å². The molecule has 0 aliphatic heterocycles. The van der Waals surface area contributed by atoms with Crippen LogP contribution in [0.1, 0.15) is 11.8 Å². The number of thiophene rings is 1. The molecule has 0 saturated heterocycles. The van der Waals surface area contributed by atoms with Crippen molar-refractivity contribution in [3.05, 3.63) is 26.5 Å². The van der Waals surface area contributed by atoms with Crippen molar-refractivity contribution in [3.63, 3.8) is 0 Å². The quantitative estimate of drug-likeness (QED) is 0.837. The first-order valence-electron chi connectivity index (χ1n) is 3.96. The summed E-state index contributed by atoms with van der Waals surface area (Å²) in [6, 6.07) is 1.81. The molecule has 1 rings (SSSR count). The number of carbonyl (C=O) groups excluding carboxylic acids is 1. The van der Waals surface area contributed by atoms with Crippen LogP contribution in [0.4, 0.5) is 0 Å². The van der Waals surface area contributed by atoms with Crippen LogP contribution in [-0.2, 0) is 9.59 Å². The molecular weight excluding hydrogens is 282 g/mol.